The van der Waals surface area contributed by atoms with Crippen LogP contribution in [-0.4, -0.2) is 34.5 Å². The van der Waals surface area contributed by atoms with Crippen molar-refractivity contribution in [2.24, 2.45) is 0 Å². The Morgan fingerprint density at radius 1 is 1.30 bits per heavy atom. The van der Waals surface area contributed by atoms with Crippen LogP contribution in [0.3, 0.4) is 0 Å². The molecule has 0 aliphatic carbocycles. The van der Waals surface area contributed by atoms with Crippen LogP contribution in [0.15, 0.2) is 24.3 Å². The van der Waals surface area contributed by atoms with Gasteiger partial charge in [0.1, 0.15) is 0 Å². The van der Waals surface area contributed by atoms with Gasteiger partial charge in [-0.2, -0.15) is 0 Å². The van der Waals surface area contributed by atoms with Gasteiger partial charge in [0, 0.05) is 5.69 Å². The van der Waals surface area contributed by atoms with Crippen molar-refractivity contribution in [3.05, 3.63) is 24.3 Å². The summed E-state index contributed by atoms with van der Waals surface area (Å²) in [6, 6.07) is 7.00. The minimum absolute atomic E-state index is 0. The van der Waals surface area contributed by atoms with Gasteiger partial charge in [-0.3, -0.25) is 4.72 Å². The van der Waals surface area contributed by atoms with Gasteiger partial charge in [-0.15, -0.1) is 0 Å². The molecule has 1 fully saturated rings. The summed E-state index contributed by atoms with van der Waals surface area (Å²) < 4.78 is 35.6. The molecule has 0 spiro atoms. The van der Waals surface area contributed by atoms with Gasteiger partial charge >= 0.3 is 7.12 Å². The molecule has 1 atom stereocenters. The molecule has 2 rings (SSSR count). The van der Waals surface area contributed by atoms with Crippen molar-refractivity contribution in [1.29, 1.82) is 0 Å². The molecule has 1 aliphatic rings. The Morgan fingerprint density at radius 3 is 2.45 bits per heavy atom. The van der Waals surface area contributed by atoms with Crippen molar-refractivity contribution in [2.45, 2.75) is 35.3 Å². The Balaban J connectivity index is 0. The van der Waals surface area contributed by atoms with Crippen LogP contribution in [-0.2, 0) is 19.3 Å². The monoisotopic (exact) mass is 303 g/mol. The van der Waals surface area contributed by atoms with Crippen molar-refractivity contribution in [1.82, 2.24) is 0 Å². The van der Waals surface area contributed by atoms with E-state index in [1.165, 1.54) is 0 Å². The molecule has 1 unspecified atom stereocenters. The van der Waals surface area contributed by atoms with Gasteiger partial charge in [0.25, 0.3) is 0 Å². The van der Waals surface area contributed by atoms with Gasteiger partial charge in [0.05, 0.1) is 19.0 Å². The summed E-state index contributed by atoms with van der Waals surface area (Å²) >= 11 is 0. The second kappa shape index (κ2) is 8.29. The van der Waals surface area contributed by atoms with Crippen molar-refractivity contribution < 1.29 is 17.7 Å². The van der Waals surface area contributed by atoms with Crippen LogP contribution >= 0.6 is 0 Å². The molecule has 1 aromatic rings. The van der Waals surface area contributed by atoms with Crippen molar-refractivity contribution in [3.8, 4) is 0 Å². The molecule has 7 heteroatoms. The molecule has 0 aromatic heterocycles. The number of benzene rings is 1. The highest BCUT2D eigenvalue weighted by molar-refractivity contribution is 7.92. The van der Waals surface area contributed by atoms with Gasteiger partial charge < -0.3 is 9.31 Å². The first kappa shape index (κ1) is 21.3. The van der Waals surface area contributed by atoms with E-state index in [2.05, 4.69) is 4.72 Å². The predicted molar refractivity (Wildman–Crippen MR) is 87.0 cm³/mol. The lowest BCUT2D eigenvalue weighted by molar-refractivity contribution is 0.258. The number of sulfonamides is 1. The summed E-state index contributed by atoms with van der Waals surface area (Å²) in [6.45, 7) is 2.48. The van der Waals surface area contributed by atoms with Crippen LogP contribution in [0.4, 0.5) is 5.69 Å². The third-order valence-electron chi connectivity index (χ3n) is 2.30. The molecule has 1 aromatic carbocycles. The van der Waals surface area contributed by atoms with E-state index >= 15 is 0 Å². The number of hydrogen-bond donors (Lipinski definition) is 1. The summed E-state index contributed by atoms with van der Waals surface area (Å²) in [7, 11) is -3.67. The molecule has 20 heavy (non-hydrogen) atoms. The first-order chi connectivity index (χ1) is 7.94. The van der Waals surface area contributed by atoms with Crippen molar-refractivity contribution >= 4 is 28.3 Å². The number of nitrogens with one attached hydrogen (secondary N) is 1. The molecule has 0 radical (unpaired) electrons. The first-order valence-electron chi connectivity index (χ1n) is 5.29. The zero-order valence-electron chi connectivity index (χ0n) is 9.71. The van der Waals surface area contributed by atoms with E-state index in [4.69, 9.17) is 9.31 Å². The molecule has 1 saturated heterocycles. The minimum Gasteiger partial charge on any atom is -0.405 e. The van der Waals surface area contributed by atoms with E-state index in [1.807, 2.05) is 13.0 Å². The maximum atomic E-state index is 11.1. The largest absolute Gasteiger partial charge is 0.494 e. The van der Waals surface area contributed by atoms with Crippen LogP contribution in [0.1, 0.15) is 29.2 Å². The maximum absolute atomic E-state index is 11.1. The van der Waals surface area contributed by atoms with E-state index in [0.29, 0.717) is 12.3 Å². The normalized spacial score (nSPS) is 17.5. The Morgan fingerprint density at radius 2 is 1.95 bits per heavy atom. The number of rotatable bonds is 3. The Hall–Kier alpha value is -1.05. The van der Waals surface area contributed by atoms with E-state index in [9.17, 15) is 8.42 Å². The number of anilines is 1. The molecule has 0 saturated carbocycles. The summed E-state index contributed by atoms with van der Waals surface area (Å²) in [5.41, 5.74) is 1.32. The highest BCUT2D eigenvalue weighted by Gasteiger charge is 2.30. The predicted octanol–water partition coefficient (Wildman–Crippen LogP) is 2.10. The SMILES string of the molecule is C.C.C.CC1COB(c2cccc(NS(C)(=O)=O)c2)O1. The Kier molecular flexibility index (Phi) is 8.81. The molecule has 1 N–H and O–H groups in total. The fourth-order valence-electron chi connectivity index (χ4n) is 1.65. The molecule has 5 nitrogen and oxygen atoms in total. The second-order valence-electron chi connectivity index (χ2n) is 4.11. The standard InChI is InChI=1S/C10H14BNO4S.3CH4/c1-8-7-15-11(16-8)9-4-3-5-10(6-9)12-17(2,13)14;;;/h3-6,8,12H,7H2,1-2H3;3*1H4. The van der Waals surface area contributed by atoms with Crippen LogP contribution in [0.25, 0.3) is 0 Å². The van der Waals surface area contributed by atoms with E-state index in [1.54, 1.807) is 18.2 Å². The highest BCUT2D eigenvalue weighted by atomic mass is 32.2. The molecule has 0 bridgehead atoms. The zero-order valence-corrected chi connectivity index (χ0v) is 10.5. The van der Waals surface area contributed by atoms with E-state index < -0.39 is 17.1 Å². The highest BCUT2D eigenvalue weighted by Crippen LogP contribution is 2.11. The van der Waals surface area contributed by atoms with Crippen LogP contribution < -0.4 is 10.2 Å². The Labute approximate surface area is 123 Å². The lowest BCUT2D eigenvalue weighted by Crippen LogP contribution is -2.32. The maximum Gasteiger partial charge on any atom is 0.494 e. The third-order valence-corrected chi connectivity index (χ3v) is 2.91. The summed E-state index contributed by atoms with van der Waals surface area (Å²) in [5.74, 6) is 0. The first-order valence-corrected chi connectivity index (χ1v) is 7.18. The molecule has 0 amide bonds. The van der Waals surface area contributed by atoms with Gasteiger partial charge in [0.15, 0.2) is 0 Å². The van der Waals surface area contributed by atoms with Gasteiger partial charge in [0.2, 0.25) is 10.0 Å². The van der Waals surface area contributed by atoms with Crippen LogP contribution in [0.5, 0.6) is 0 Å². The summed E-state index contributed by atoms with van der Waals surface area (Å²) in [5, 5.41) is 0. The summed E-state index contributed by atoms with van der Waals surface area (Å²) in [6.07, 6.45) is 1.18. The van der Waals surface area contributed by atoms with E-state index in [0.717, 1.165) is 11.7 Å². The quantitative estimate of drug-likeness (QED) is 0.869. The molecule has 116 valence electrons. The average molecular weight is 303 g/mol. The van der Waals surface area contributed by atoms with Crippen molar-refractivity contribution in [2.75, 3.05) is 17.6 Å². The van der Waals surface area contributed by atoms with Crippen LogP contribution in [0.2, 0.25) is 0 Å². The molecule has 1 heterocycles. The Bertz CT molecular complexity index is 507. The van der Waals surface area contributed by atoms with E-state index in [-0.39, 0.29) is 28.4 Å². The second-order valence-corrected chi connectivity index (χ2v) is 5.86. The molecular formula is C13H26BNO4S. The van der Waals surface area contributed by atoms with Gasteiger partial charge in [-0.25, -0.2) is 8.42 Å². The fraction of sp³-hybridized carbons (Fsp3) is 0.538. The van der Waals surface area contributed by atoms with Gasteiger partial charge in [-0.05, 0) is 24.5 Å². The lowest BCUT2D eigenvalue weighted by atomic mass is 9.79. The molecular weight excluding hydrogens is 277 g/mol. The molecule has 1 aliphatic heterocycles. The van der Waals surface area contributed by atoms with Gasteiger partial charge in [-0.1, -0.05) is 34.4 Å². The number of hydrogen-bond acceptors (Lipinski definition) is 4. The lowest BCUT2D eigenvalue weighted by Gasteiger charge is -2.08. The third kappa shape index (κ3) is 5.94. The summed E-state index contributed by atoms with van der Waals surface area (Å²) in [4.78, 5) is 0. The average Bonchev–Trinajstić information content (AvgIpc) is 2.63. The zero-order chi connectivity index (χ0) is 12.5. The van der Waals surface area contributed by atoms with Crippen LogP contribution in [0, 0.1) is 0 Å². The smallest absolute Gasteiger partial charge is 0.405 e. The van der Waals surface area contributed by atoms with Crippen molar-refractivity contribution in [3.63, 3.8) is 0 Å². The fourth-order valence-corrected chi connectivity index (χ4v) is 2.21. The topological polar surface area (TPSA) is 64.6 Å². The minimum atomic E-state index is -3.26.